The van der Waals surface area contributed by atoms with Gasteiger partial charge in [0.05, 0.1) is 0 Å². The first-order valence-electron chi connectivity index (χ1n) is 3.50. The average Bonchev–Trinajstić information content (AvgIpc) is 2.06. The Morgan fingerprint density at radius 2 is 1.92 bits per heavy atom. The lowest BCUT2D eigenvalue weighted by atomic mass is 10.1. The lowest BCUT2D eigenvalue weighted by molar-refractivity contribution is -0.129. The molecule has 0 aromatic heterocycles. The Labute approximate surface area is 75.8 Å². The van der Waals surface area contributed by atoms with Crippen LogP contribution in [0.3, 0.4) is 0 Å². The van der Waals surface area contributed by atoms with Crippen molar-refractivity contribution in [3.63, 3.8) is 0 Å². The Hall–Kier alpha value is -1.22. The highest BCUT2D eigenvalue weighted by atomic mass is 32.1. The third-order valence-corrected chi connectivity index (χ3v) is 1.76. The van der Waals surface area contributed by atoms with E-state index in [1.54, 1.807) is 0 Å². The summed E-state index contributed by atoms with van der Waals surface area (Å²) in [5, 5.41) is 8.50. The lowest BCUT2D eigenvalue weighted by Crippen LogP contribution is -2.12. The summed E-state index contributed by atoms with van der Waals surface area (Å²) < 4.78 is 0. The zero-order valence-corrected chi connectivity index (χ0v) is 7.17. The van der Waals surface area contributed by atoms with Crippen LogP contribution in [0.25, 0.3) is 0 Å². The fraction of sp³-hybridized carbons (Fsp3) is 0.111. The van der Waals surface area contributed by atoms with E-state index in [9.17, 15) is 4.79 Å². The second-order valence-corrected chi connectivity index (χ2v) is 2.88. The van der Waals surface area contributed by atoms with Crippen LogP contribution >= 0.6 is 12.2 Å². The molecule has 0 spiro atoms. The van der Waals surface area contributed by atoms with E-state index in [4.69, 9.17) is 5.11 Å². The summed E-state index contributed by atoms with van der Waals surface area (Å²) in [6.45, 7) is 0. The van der Waals surface area contributed by atoms with Crippen molar-refractivity contribution in [1.29, 1.82) is 0 Å². The van der Waals surface area contributed by atoms with E-state index < -0.39 is 5.97 Å². The smallest absolute Gasteiger partial charge is 0.342 e. The molecule has 0 amide bonds. The molecule has 0 fully saturated rings. The molecule has 1 N–H and O–H groups in total. The molecule has 3 heteroatoms. The zero-order valence-electron chi connectivity index (χ0n) is 6.36. The zero-order chi connectivity index (χ0) is 8.97. The third-order valence-electron chi connectivity index (χ3n) is 1.45. The van der Waals surface area contributed by atoms with Crippen molar-refractivity contribution in [2.75, 3.05) is 0 Å². The molecule has 62 valence electrons. The van der Waals surface area contributed by atoms with E-state index in [1.807, 2.05) is 30.3 Å². The maximum absolute atomic E-state index is 10.4. The SMILES string of the molecule is O=C(O)C(=S)Cc1ccccc1. The standard InChI is InChI=1S/C9H8O2S/c10-9(11)8(12)6-7-4-2-1-3-5-7/h1-5H,6H2,(H,10,11). The number of carboxylic acids is 1. The van der Waals surface area contributed by atoms with Gasteiger partial charge in [-0.25, -0.2) is 4.79 Å². The summed E-state index contributed by atoms with van der Waals surface area (Å²) in [4.78, 5) is 10.4. The topological polar surface area (TPSA) is 37.3 Å². The number of thiocarbonyl (C=S) groups is 1. The maximum atomic E-state index is 10.4. The van der Waals surface area contributed by atoms with Crippen LogP contribution in [-0.2, 0) is 11.2 Å². The van der Waals surface area contributed by atoms with Gasteiger partial charge in [-0.15, -0.1) is 0 Å². The van der Waals surface area contributed by atoms with Crippen molar-refractivity contribution in [1.82, 2.24) is 0 Å². The monoisotopic (exact) mass is 180 g/mol. The van der Waals surface area contributed by atoms with Crippen molar-refractivity contribution < 1.29 is 9.90 Å². The van der Waals surface area contributed by atoms with Crippen molar-refractivity contribution in [3.05, 3.63) is 35.9 Å². The maximum Gasteiger partial charge on any atom is 0.342 e. The molecule has 0 unspecified atom stereocenters. The highest BCUT2D eigenvalue weighted by molar-refractivity contribution is 7.82. The van der Waals surface area contributed by atoms with Crippen LogP contribution in [-0.4, -0.2) is 15.9 Å². The van der Waals surface area contributed by atoms with Crippen molar-refractivity contribution in [3.8, 4) is 0 Å². The first kappa shape index (κ1) is 8.87. The Morgan fingerprint density at radius 3 is 2.42 bits per heavy atom. The van der Waals surface area contributed by atoms with Gasteiger partial charge in [0.2, 0.25) is 0 Å². The van der Waals surface area contributed by atoms with Crippen molar-refractivity contribution in [2.24, 2.45) is 0 Å². The Kier molecular flexibility index (Phi) is 2.94. The minimum atomic E-state index is -1.01. The number of carboxylic acid groups (broad SMARTS) is 1. The lowest BCUT2D eigenvalue weighted by Gasteiger charge is -1.97. The van der Waals surface area contributed by atoms with Gasteiger partial charge in [-0.1, -0.05) is 42.5 Å². The summed E-state index contributed by atoms with van der Waals surface area (Å²) in [7, 11) is 0. The fourth-order valence-electron chi connectivity index (χ4n) is 0.857. The van der Waals surface area contributed by atoms with Crippen molar-refractivity contribution in [2.45, 2.75) is 6.42 Å². The average molecular weight is 180 g/mol. The number of benzene rings is 1. The van der Waals surface area contributed by atoms with E-state index >= 15 is 0 Å². The molecule has 0 radical (unpaired) electrons. The van der Waals surface area contributed by atoms with Crippen LogP contribution in [0.5, 0.6) is 0 Å². The second-order valence-electron chi connectivity index (χ2n) is 2.39. The van der Waals surface area contributed by atoms with Crippen LogP contribution in [0.15, 0.2) is 30.3 Å². The molecule has 0 aliphatic rings. The predicted molar refractivity (Wildman–Crippen MR) is 50.4 cm³/mol. The van der Waals surface area contributed by atoms with E-state index in [0.717, 1.165) is 5.56 Å². The van der Waals surface area contributed by atoms with Gasteiger partial charge < -0.3 is 5.11 Å². The van der Waals surface area contributed by atoms with Crippen LogP contribution in [0.4, 0.5) is 0 Å². The molecule has 0 bridgehead atoms. The molecular weight excluding hydrogens is 172 g/mol. The molecule has 0 saturated heterocycles. The summed E-state index contributed by atoms with van der Waals surface area (Å²) in [5.41, 5.74) is 0.935. The van der Waals surface area contributed by atoms with Gasteiger partial charge in [-0.3, -0.25) is 0 Å². The van der Waals surface area contributed by atoms with E-state index in [-0.39, 0.29) is 4.86 Å². The molecule has 1 aromatic carbocycles. The minimum absolute atomic E-state index is 0.0567. The van der Waals surface area contributed by atoms with Gasteiger partial charge in [0.1, 0.15) is 4.86 Å². The van der Waals surface area contributed by atoms with E-state index in [2.05, 4.69) is 12.2 Å². The molecule has 1 rings (SSSR count). The number of aliphatic carboxylic acids is 1. The van der Waals surface area contributed by atoms with Gasteiger partial charge in [0, 0.05) is 6.42 Å². The first-order chi connectivity index (χ1) is 5.70. The van der Waals surface area contributed by atoms with Crippen LogP contribution in [0.2, 0.25) is 0 Å². The Balaban J connectivity index is 2.65. The number of carbonyl (C=O) groups is 1. The predicted octanol–water partition coefficient (Wildman–Crippen LogP) is 1.68. The molecule has 0 saturated carbocycles. The summed E-state index contributed by atoms with van der Waals surface area (Å²) in [6.07, 6.45) is 0.339. The number of hydrogen-bond acceptors (Lipinski definition) is 2. The van der Waals surface area contributed by atoms with Gasteiger partial charge >= 0.3 is 5.97 Å². The van der Waals surface area contributed by atoms with Crippen LogP contribution in [0, 0.1) is 0 Å². The largest absolute Gasteiger partial charge is 0.477 e. The van der Waals surface area contributed by atoms with Crippen LogP contribution < -0.4 is 0 Å². The quantitative estimate of drug-likeness (QED) is 0.719. The highest BCUT2D eigenvalue weighted by Gasteiger charge is 2.05. The Morgan fingerprint density at radius 1 is 1.33 bits per heavy atom. The van der Waals surface area contributed by atoms with Gasteiger partial charge in [-0.2, -0.15) is 0 Å². The Bertz CT molecular complexity index is 293. The first-order valence-corrected chi connectivity index (χ1v) is 3.91. The van der Waals surface area contributed by atoms with Crippen LogP contribution in [0.1, 0.15) is 5.56 Å². The molecular formula is C9H8O2S. The van der Waals surface area contributed by atoms with Crippen molar-refractivity contribution >= 4 is 23.1 Å². The molecule has 0 heterocycles. The molecule has 0 aliphatic heterocycles. The highest BCUT2D eigenvalue weighted by Crippen LogP contribution is 2.00. The van der Waals surface area contributed by atoms with Gasteiger partial charge in [0.15, 0.2) is 0 Å². The minimum Gasteiger partial charge on any atom is -0.477 e. The molecule has 1 aromatic rings. The summed E-state index contributed by atoms with van der Waals surface area (Å²) in [6, 6.07) is 9.32. The van der Waals surface area contributed by atoms with E-state index in [0.29, 0.717) is 6.42 Å². The second kappa shape index (κ2) is 3.97. The molecule has 12 heavy (non-hydrogen) atoms. The van der Waals surface area contributed by atoms with Gasteiger partial charge in [-0.05, 0) is 5.56 Å². The molecule has 2 nitrogen and oxygen atoms in total. The third kappa shape index (κ3) is 2.43. The fourth-order valence-corrected chi connectivity index (χ4v) is 1.02. The summed E-state index contributed by atoms with van der Waals surface area (Å²) in [5.74, 6) is -1.01. The molecule has 0 atom stereocenters. The summed E-state index contributed by atoms with van der Waals surface area (Å²) >= 11 is 4.66. The number of hydrogen-bond donors (Lipinski definition) is 1. The number of rotatable bonds is 3. The molecule has 0 aliphatic carbocycles. The van der Waals surface area contributed by atoms with Gasteiger partial charge in [0.25, 0.3) is 0 Å². The van der Waals surface area contributed by atoms with E-state index in [1.165, 1.54) is 0 Å². The normalized spacial score (nSPS) is 9.33.